The fraction of sp³-hybridized carbons (Fsp3) is 0. The minimum Gasteiger partial charge on any atom is -0.306 e. The lowest BCUT2D eigenvalue weighted by Gasteiger charge is -2.07. The monoisotopic (exact) mass is 318 g/mol. The third kappa shape index (κ3) is 3.80. The summed E-state index contributed by atoms with van der Waals surface area (Å²) < 4.78 is 0. The molecular formula is C18H14N4O2. The molecule has 3 rings (SSSR count). The topological polar surface area (TPSA) is 84.0 Å². The zero-order chi connectivity index (χ0) is 16.8. The van der Waals surface area contributed by atoms with Crippen molar-refractivity contribution in [2.45, 2.75) is 0 Å². The van der Waals surface area contributed by atoms with Crippen LogP contribution in [0.25, 0.3) is 0 Å². The van der Waals surface area contributed by atoms with E-state index in [1.54, 1.807) is 54.6 Å². The van der Waals surface area contributed by atoms with E-state index in [0.717, 1.165) is 0 Å². The molecule has 0 spiro atoms. The Morgan fingerprint density at radius 1 is 0.708 bits per heavy atom. The molecule has 118 valence electrons. The largest absolute Gasteiger partial charge is 0.306 e. The summed E-state index contributed by atoms with van der Waals surface area (Å²) in [5.74, 6) is -0.172. The first-order valence-electron chi connectivity index (χ1n) is 7.28. The first-order valence-corrected chi connectivity index (χ1v) is 7.28. The third-order valence-corrected chi connectivity index (χ3v) is 3.19. The van der Waals surface area contributed by atoms with Crippen LogP contribution in [0, 0.1) is 0 Å². The second-order valence-corrected chi connectivity index (χ2v) is 4.91. The van der Waals surface area contributed by atoms with Gasteiger partial charge in [-0.2, -0.15) is 4.98 Å². The number of carbonyl (C=O) groups is 2. The van der Waals surface area contributed by atoms with Crippen molar-refractivity contribution in [1.29, 1.82) is 0 Å². The van der Waals surface area contributed by atoms with Crippen molar-refractivity contribution in [3.8, 4) is 0 Å². The quantitative estimate of drug-likeness (QED) is 0.774. The van der Waals surface area contributed by atoms with Crippen molar-refractivity contribution < 1.29 is 9.59 Å². The summed E-state index contributed by atoms with van der Waals surface area (Å²) in [6.07, 6.45) is 1.47. The lowest BCUT2D eigenvalue weighted by atomic mass is 10.2. The van der Waals surface area contributed by atoms with Gasteiger partial charge in [-0.3, -0.25) is 14.9 Å². The molecule has 1 heterocycles. The predicted molar refractivity (Wildman–Crippen MR) is 90.8 cm³/mol. The Morgan fingerprint density at radius 3 is 1.83 bits per heavy atom. The van der Waals surface area contributed by atoms with Gasteiger partial charge >= 0.3 is 0 Å². The van der Waals surface area contributed by atoms with Crippen molar-refractivity contribution in [3.63, 3.8) is 0 Å². The van der Waals surface area contributed by atoms with Crippen LogP contribution in [0.5, 0.6) is 0 Å². The molecule has 0 atom stereocenters. The number of rotatable bonds is 4. The zero-order valence-electron chi connectivity index (χ0n) is 12.6. The van der Waals surface area contributed by atoms with Crippen LogP contribution in [0.4, 0.5) is 11.8 Å². The fourth-order valence-corrected chi connectivity index (χ4v) is 2.03. The van der Waals surface area contributed by atoms with Crippen LogP contribution >= 0.6 is 0 Å². The van der Waals surface area contributed by atoms with E-state index in [2.05, 4.69) is 20.6 Å². The Bertz CT molecular complexity index is 782. The van der Waals surface area contributed by atoms with Crippen LogP contribution in [0.2, 0.25) is 0 Å². The van der Waals surface area contributed by atoms with Gasteiger partial charge in [-0.05, 0) is 30.3 Å². The molecule has 0 bridgehead atoms. The molecule has 2 aromatic carbocycles. The number of carbonyl (C=O) groups excluding carboxylic acids is 2. The van der Waals surface area contributed by atoms with Gasteiger partial charge in [-0.25, -0.2) is 4.98 Å². The summed E-state index contributed by atoms with van der Waals surface area (Å²) in [5, 5.41) is 5.27. The van der Waals surface area contributed by atoms with E-state index in [1.807, 2.05) is 12.1 Å². The van der Waals surface area contributed by atoms with Crippen LogP contribution in [-0.4, -0.2) is 21.8 Å². The van der Waals surface area contributed by atoms with E-state index in [1.165, 1.54) is 6.20 Å². The van der Waals surface area contributed by atoms with E-state index >= 15 is 0 Å². The highest BCUT2D eigenvalue weighted by Gasteiger charge is 2.10. The number of nitrogens with zero attached hydrogens (tertiary/aromatic N) is 2. The Balaban J connectivity index is 1.70. The minimum absolute atomic E-state index is 0.120. The van der Waals surface area contributed by atoms with Crippen molar-refractivity contribution >= 4 is 23.6 Å². The lowest BCUT2D eigenvalue weighted by Crippen LogP contribution is -2.16. The smallest absolute Gasteiger partial charge is 0.258 e. The Labute approximate surface area is 138 Å². The molecule has 0 unspecified atom stereocenters. The van der Waals surface area contributed by atoms with Crippen molar-refractivity contribution in [1.82, 2.24) is 9.97 Å². The van der Waals surface area contributed by atoms with Gasteiger partial charge in [0.15, 0.2) is 0 Å². The van der Waals surface area contributed by atoms with Crippen LogP contribution in [0.3, 0.4) is 0 Å². The van der Waals surface area contributed by atoms with Crippen molar-refractivity contribution in [2.75, 3.05) is 10.6 Å². The Kier molecular flexibility index (Phi) is 4.57. The van der Waals surface area contributed by atoms with Crippen LogP contribution in [0.1, 0.15) is 20.7 Å². The number of nitrogens with one attached hydrogen (secondary N) is 2. The highest BCUT2D eigenvalue weighted by molar-refractivity contribution is 6.04. The standard InChI is InChI=1S/C18H14N4O2/c23-16(13-7-3-1-4-8-13)20-15-11-12-19-18(21-15)22-17(24)14-9-5-2-6-10-14/h1-12H,(H2,19,20,21,22,23,24). The molecule has 0 radical (unpaired) electrons. The van der Waals surface area contributed by atoms with Crippen LogP contribution < -0.4 is 10.6 Å². The SMILES string of the molecule is O=C(Nc1ccnc(NC(=O)c2ccccc2)n1)c1ccccc1. The molecule has 0 aliphatic rings. The summed E-state index contributed by atoms with van der Waals surface area (Å²) in [6.45, 7) is 0. The van der Waals surface area contributed by atoms with Gasteiger partial charge in [0.1, 0.15) is 5.82 Å². The number of benzene rings is 2. The van der Waals surface area contributed by atoms with Gasteiger partial charge in [-0.15, -0.1) is 0 Å². The number of hydrogen-bond donors (Lipinski definition) is 2. The van der Waals surface area contributed by atoms with Gasteiger partial charge in [0.05, 0.1) is 0 Å². The number of aromatic nitrogens is 2. The minimum atomic E-state index is -0.317. The van der Waals surface area contributed by atoms with Gasteiger partial charge in [-0.1, -0.05) is 36.4 Å². The highest BCUT2D eigenvalue weighted by Crippen LogP contribution is 2.10. The van der Waals surface area contributed by atoms with Gasteiger partial charge in [0.2, 0.25) is 5.95 Å². The molecule has 3 aromatic rings. The molecule has 24 heavy (non-hydrogen) atoms. The fourth-order valence-electron chi connectivity index (χ4n) is 2.03. The summed E-state index contributed by atoms with van der Waals surface area (Å²) in [5.41, 5.74) is 1.02. The second-order valence-electron chi connectivity index (χ2n) is 4.91. The molecule has 6 nitrogen and oxygen atoms in total. The molecule has 2 amide bonds. The molecule has 0 aliphatic heterocycles. The number of hydrogen-bond acceptors (Lipinski definition) is 4. The van der Waals surface area contributed by atoms with Crippen LogP contribution in [-0.2, 0) is 0 Å². The predicted octanol–water partition coefficient (Wildman–Crippen LogP) is 2.98. The molecule has 0 aliphatic carbocycles. The molecule has 6 heteroatoms. The molecule has 0 saturated heterocycles. The van der Waals surface area contributed by atoms with Gasteiger partial charge in [0.25, 0.3) is 11.8 Å². The first kappa shape index (κ1) is 15.4. The van der Waals surface area contributed by atoms with E-state index in [4.69, 9.17) is 0 Å². The molecule has 2 N–H and O–H groups in total. The molecular weight excluding hydrogens is 304 g/mol. The molecule has 1 aromatic heterocycles. The lowest BCUT2D eigenvalue weighted by molar-refractivity contribution is 0.101. The van der Waals surface area contributed by atoms with E-state index in [9.17, 15) is 9.59 Å². The summed E-state index contributed by atoms with van der Waals surface area (Å²) >= 11 is 0. The normalized spacial score (nSPS) is 10.0. The zero-order valence-corrected chi connectivity index (χ0v) is 12.6. The average molecular weight is 318 g/mol. The van der Waals surface area contributed by atoms with Crippen molar-refractivity contribution in [3.05, 3.63) is 84.1 Å². The Morgan fingerprint density at radius 2 is 1.25 bits per heavy atom. The third-order valence-electron chi connectivity index (χ3n) is 3.19. The molecule has 0 fully saturated rings. The number of anilines is 2. The van der Waals surface area contributed by atoms with Gasteiger partial charge < -0.3 is 5.32 Å². The summed E-state index contributed by atoms with van der Waals surface area (Å²) in [7, 11) is 0. The van der Waals surface area contributed by atoms with Crippen LogP contribution in [0.15, 0.2) is 72.9 Å². The maximum Gasteiger partial charge on any atom is 0.258 e. The first-order chi connectivity index (χ1) is 11.7. The van der Waals surface area contributed by atoms with E-state index in [-0.39, 0.29) is 17.8 Å². The molecule has 0 saturated carbocycles. The van der Waals surface area contributed by atoms with Crippen molar-refractivity contribution in [2.24, 2.45) is 0 Å². The highest BCUT2D eigenvalue weighted by atomic mass is 16.2. The second kappa shape index (κ2) is 7.15. The average Bonchev–Trinajstić information content (AvgIpc) is 2.63. The number of amides is 2. The Hall–Kier alpha value is -3.54. The maximum atomic E-state index is 12.1. The van der Waals surface area contributed by atoms with E-state index < -0.39 is 0 Å². The van der Waals surface area contributed by atoms with E-state index in [0.29, 0.717) is 16.9 Å². The maximum absolute atomic E-state index is 12.1. The van der Waals surface area contributed by atoms with Gasteiger partial charge in [0, 0.05) is 17.3 Å². The summed E-state index contributed by atoms with van der Waals surface area (Å²) in [6, 6.07) is 19.1. The summed E-state index contributed by atoms with van der Waals surface area (Å²) in [4.78, 5) is 32.3.